The van der Waals surface area contributed by atoms with Crippen LogP contribution in [0.3, 0.4) is 0 Å². The third-order valence-corrected chi connectivity index (χ3v) is 7.37. The molecule has 1 atom stereocenters. The fourth-order valence-electron chi connectivity index (χ4n) is 4.44. The number of urea groups is 1. The Balaban J connectivity index is 1.13. The summed E-state index contributed by atoms with van der Waals surface area (Å²) in [6.07, 6.45) is 4.60. The van der Waals surface area contributed by atoms with Gasteiger partial charge in [-0.25, -0.2) is 4.79 Å². The molecule has 1 aromatic carbocycles. The van der Waals surface area contributed by atoms with E-state index in [1.807, 2.05) is 53.3 Å². The first-order chi connectivity index (χ1) is 15.6. The van der Waals surface area contributed by atoms with E-state index in [0.29, 0.717) is 24.9 Å². The first kappa shape index (κ1) is 20.7. The Morgan fingerprint density at radius 1 is 0.969 bits per heavy atom. The lowest BCUT2D eigenvalue weighted by Crippen LogP contribution is -2.50. The van der Waals surface area contributed by atoms with Crippen LogP contribution in [0, 0.1) is 6.92 Å². The zero-order valence-corrected chi connectivity index (χ0v) is 18.8. The maximum atomic E-state index is 12.7. The maximum absolute atomic E-state index is 12.7. The van der Waals surface area contributed by atoms with Gasteiger partial charge in [-0.1, -0.05) is 18.2 Å². The molecule has 0 bridgehead atoms. The highest BCUT2D eigenvalue weighted by atomic mass is 32.1. The molecule has 3 amide bonds. The second-order valence-corrected chi connectivity index (χ2v) is 9.88. The fraction of sp³-hybridized carbons (Fsp3) is 0.320. The first-order valence-electron chi connectivity index (χ1n) is 11.0. The molecular formula is C25H26N4O2S. The van der Waals surface area contributed by atoms with Gasteiger partial charge in [-0.3, -0.25) is 9.78 Å². The average Bonchev–Trinajstić information content (AvgIpc) is 3.43. The van der Waals surface area contributed by atoms with Crippen LogP contribution >= 0.6 is 11.3 Å². The van der Waals surface area contributed by atoms with Gasteiger partial charge in [0.15, 0.2) is 0 Å². The quantitative estimate of drug-likeness (QED) is 0.631. The van der Waals surface area contributed by atoms with E-state index in [1.54, 1.807) is 17.5 Å². The smallest absolute Gasteiger partial charge is 0.321 e. The summed E-state index contributed by atoms with van der Waals surface area (Å²) in [5.41, 5.74) is 3.18. The Morgan fingerprint density at radius 3 is 2.44 bits per heavy atom. The van der Waals surface area contributed by atoms with Gasteiger partial charge < -0.3 is 15.1 Å². The normalized spacial score (nSPS) is 18.5. The van der Waals surface area contributed by atoms with E-state index in [4.69, 9.17) is 0 Å². The minimum absolute atomic E-state index is 0.0678. The van der Waals surface area contributed by atoms with Gasteiger partial charge in [0.2, 0.25) is 0 Å². The number of carbonyl (C=O) groups is 2. The molecule has 164 valence electrons. The molecular weight excluding hydrogens is 420 g/mol. The Labute approximate surface area is 191 Å². The van der Waals surface area contributed by atoms with Crippen molar-refractivity contribution >= 4 is 29.0 Å². The third-order valence-electron chi connectivity index (χ3n) is 6.38. The Kier molecular flexibility index (Phi) is 5.66. The van der Waals surface area contributed by atoms with E-state index in [-0.39, 0.29) is 11.9 Å². The average molecular weight is 447 g/mol. The standard InChI is InChI=1S/C25H26N4O2S/c1-17-4-9-23(32-17)24(30)28-12-10-20(14-28)18-5-7-22(8-6-18)27-25(31)29-15-21(16-29)19-3-2-11-26-13-19/h2-9,11,13,20-21H,10,12,14-16H2,1H3,(H,27,31). The minimum Gasteiger partial charge on any atom is -0.337 e. The van der Waals surface area contributed by atoms with Gasteiger partial charge in [0, 0.05) is 61.0 Å². The lowest BCUT2D eigenvalue weighted by Gasteiger charge is -2.39. The van der Waals surface area contributed by atoms with Crippen LogP contribution in [0.1, 0.15) is 43.9 Å². The Hall–Kier alpha value is -3.19. The predicted octanol–water partition coefficient (Wildman–Crippen LogP) is 4.71. The van der Waals surface area contributed by atoms with Crippen LogP contribution in [0.15, 0.2) is 60.9 Å². The summed E-state index contributed by atoms with van der Waals surface area (Å²) in [5.74, 6) is 0.831. The highest BCUT2D eigenvalue weighted by Crippen LogP contribution is 2.31. The molecule has 0 aliphatic carbocycles. The summed E-state index contributed by atoms with van der Waals surface area (Å²) in [6.45, 7) is 4.98. The summed E-state index contributed by atoms with van der Waals surface area (Å²) in [7, 11) is 0. The Bertz CT molecular complexity index is 1110. The van der Waals surface area contributed by atoms with Crippen LogP contribution in [0.2, 0.25) is 0 Å². The monoisotopic (exact) mass is 446 g/mol. The highest BCUT2D eigenvalue weighted by Gasteiger charge is 2.32. The molecule has 6 nitrogen and oxygen atoms in total. The number of thiophene rings is 1. The van der Waals surface area contributed by atoms with E-state index in [1.165, 1.54) is 11.1 Å². The van der Waals surface area contributed by atoms with Gasteiger partial charge in [0.05, 0.1) is 4.88 Å². The van der Waals surface area contributed by atoms with Crippen molar-refractivity contribution in [2.24, 2.45) is 0 Å². The van der Waals surface area contributed by atoms with Crippen LogP contribution in [0.5, 0.6) is 0 Å². The summed E-state index contributed by atoms with van der Waals surface area (Å²) < 4.78 is 0. The molecule has 7 heteroatoms. The van der Waals surface area contributed by atoms with Gasteiger partial charge >= 0.3 is 6.03 Å². The van der Waals surface area contributed by atoms with Gasteiger partial charge in [0.25, 0.3) is 5.91 Å². The molecule has 1 N–H and O–H groups in total. The maximum Gasteiger partial charge on any atom is 0.321 e. The molecule has 2 fully saturated rings. The van der Waals surface area contributed by atoms with Crippen molar-refractivity contribution in [3.63, 3.8) is 0 Å². The number of carbonyl (C=O) groups excluding carboxylic acids is 2. The molecule has 2 aromatic heterocycles. The number of pyridine rings is 1. The zero-order valence-electron chi connectivity index (χ0n) is 18.0. The number of aryl methyl sites for hydroxylation is 1. The molecule has 2 aliphatic rings. The number of amides is 3. The number of hydrogen-bond acceptors (Lipinski definition) is 4. The van der Waals surface area contributed by atoms with Crippen molar-refractivity contribution in [1.29, 1.82) is 0 Å². The minimum atomic E-state index is -0.0678. The summed E-state index contributed by atoms with van der Waals surface area (Å²) >= 11 is 1.56. The molecule has 0 radical (unpaired) electrons. The number of benzene rings is 1. The number of anilines is 1. The molecule has 4 heterocycles. The molecule has 2 aliphatic heterocycles. The van der Waals surface area contributed by atoms with Gasteiger partial charge in [-0.05, 0) is 54.8 Å². The first-order valence-corrected chi connectivity index (χ1v) is 11.8. The number of hydrogen-bond donors (Lipinski definition) is 1. The number of likely N-dealkylation sites (tertiary alicyclic amines) is 2. The number of aromatic nitrogens is 1. The van der Waals surface area contributed by atoms with E-state index in [0.717, 1.165) is 35.0 Å². The van der Waals surface area contributed by atoms with Crippen LogP contribution in [-0.4, -0.2) is 52.9 Å². The van der Waals surface area contributed by atoms with Crippen LogP contribution < -0.4 is 5.32 Å². The van der Waals surface area contributed by atoms with Crippen molar-refractivity contribution < 1.29 is 9.59 Å². The summed E-state index contributed by atoms with van der Waals surface area (Å²) in [4.78, 5) is 35.1. The third kappa shape index (κ3) is 4.25. The van der Waals surface area contributed by atoms with Crippen molar-refractivity contribution in [1.82, 2.24) is 14.8 Å². The van der Waals surface area contributed by atoms with E-state index >= 15 is 0 Å². The van der Waals surface area contributed by atoms with Crippen molar-refractivity contribution in [2.75, 3.05) is 31.5 Å². The molecule has 2 saturated heterocycles. The zero-order chi connectivity index (χ0) is 22.1. The van der Waals surface area contributed by atoms with Crippen LogP contribution in [0.25, 0.3) is 0 Å². The highest BCUT2D eigenvalue weighted by molar-refractivity contribution is 7.13. The molecule has 0 spiro atoms. The van der Waals surface area contributed by atoms with Gasteiger partial charge in [-0.2, -0.15) is 0 Å². The SMILES string of the molecule is Cc1ccc(C(=O)N2CCC(c3ccc(NC(=O)N4CC(c5cccnc5)C4)cc3)C2)s1. The Morgan fingerprint density at radius 2 is 1.75 bits per heavy atom. The summed E-state index contributed by atoms with van der Waals surface area (Å²) in [5, 5.41) is 2.99. The predicted molar refractivity (Wildman–Crippen MR) is 126 cm³/mol. The number of nitrogens with one attached hydrogen (secondary N) is 1. The lowest BCUT2D eigenvalue weighted by atomic mass is 9.93. The van der Waals surface area contributed by atoms with Crippen molar-refractivity contribution in [3.05, 3.63) is 81.8 Å². The second-order valence-electron chi connectivity index (χ2n) is 8.59. The molecule has 3 aromatic rings. The number of nitrogens with zero attached hydrogens (tertiary/aromatic N) is 3. The molecule has 1 unspecified atom stereocenters. The largest absolute Gasteiger partial charge is 0.337 e. The van der Waals surface area contributed by atoms with E-state index in [9.17, 15) is 9.59 Å². The van der Waals surface area contributed by atoms with Crippen molar-refractivity contribution in [3.8, 4) is 0 Å². The molecule has 32 heavy (non-hydrogen) atoms. The van der Waals surface area contributed by atoms with Gasteiger partial charge in [-0.15, -0.1) is 11.3 Å². The van der Waals surface area contributed by atoms with Gasteiger partial charge in [0.1, 0.15) is 0 Å². The van der Waals surface area contributed by atoms with E-state index in [2.05, 4.69) is 28.5 Å². The van der Waals surface area contributed by atoms with Crippen LogP contribution in [0.4, 0.5) is 10.5 Å². The molecule has 0 saturated carbocycles. The summed E-state index contributed by atoms with van der Waals surface area (Å²) in [6, 6.07) is 15.9. The van der Waals surface area contributed by atoms with Crippen LogP contribution in [-0.2, 0) is 0 Å². The van der Waals surface area contributed by atoms with Crippen molar-refractivity contribution in [2.45, 2.75) is 25.2 Å². The number of rotatable bonds is 4. The lowest BCUT2D eigenvalue weighted by molar-refractivity contribution is 0.0795. The molecule has 5 rings (SSSR count). The van der Waals surface area contributed by atoms with E-state index < -0.39 is 0 Å². The second kappa shape index (κ2) is 8.74. The topological polar surface area (TPSA) is 65.5 Å². The fourth-order valence-corrected chi connectivity index (χ4v) is 5.27.